The molecule has 0 radical (unpaired) electrons. The summed E-state index contributed by atoms with van der Waals surface area (Å²) in [5.41, 5.74) is 5.65. The zero-order valence-electron chi connectivity index (χ0n) is 13.0. The lowest BCUT2D eigenvalue weighted by molar-refractivity contribution is 0.0953. The predicted octanol–water partition coefficient (Wildman–Crippen LogP) is 3.33. The lowest BCUT2D eigenvalue weighted by atomic mass is 9.97. The monoisotopic (exact) mass is 294 g/mol. The normalized spacial score (nSPS) is 13.1. The van der Waals surface area contributed by atoms with Gasteiger partial charge in [0.05, 0.1) is 0 Å². The van der Waals surface area contributed by atoms with Gasteiger partial charge < -0.3 is 10.6 Å². The second-order valence-corrected chi connectivity index (χ2v) is 5.79. The van der Waals surface area contributed by atoms with Gasteiger partial charge in [-0.25, -0.2) is 0 Å². The van der Waals surface area contributed by atoms with Crippen molar-refractivity contribution in [1.29, 1.82) is 0 Å². The molecule has 0 atom stereocenters. The van der Waals surface area contributed by atoms with Gasteiger partial charge in [0.25, 0.3) is 5.91 Å². The highest BCUT2D eigenvalue weighted by atomic mass is 16.1. The Bertz CT molecular complexity index is 679. The van der Waals surface area contributed by atoms with Crippen molar-refractivity contribution in [1.82, 2.24) is 5.32 Å². The van der Waals surface area contributed by atoms with Crippen LogP contribution < -0.4 is 10.6 Å². The van der Waals surface area contributed by atoms with Gasteiger partial charge in [0.1, 0.15) is 0 Å². The summed E-state index contributed by atoms with van der Waals surface area (Å²) in [5, 5.41) is 6.43. The molecule has 1 aliphatic heterocycles. The Labute approximate surface area is 131 Å². The highest BCUT2D eigenvalue weighted by Crippen LogP contribution is 2.25. The van der Waals surface area contributed by atoms with Crippen LogP contribution in [0.3, 0.4) is 0 Å². The molecule has 2 aromatic rings. The molecule has 0 fully saturated rings. The van der Waals surface area contributed by atoms with E-state index in [0.29, 0.717) is 6.54 Å². The largest absolute Gasteiger partial charge is 0.385 e. The number of hydrogen-bond acceptors (Lipinski definition) is 2. The molecule has 3 heteroatoms. The van der Waals surface area contributed by atoms with E-state index in [1.54, 1.807) is 0 Å². The Kier molecular flexibility index (Phi) is 4.42. The van der Waals surface area contributed by atoms with Gasteiger partial charge in [0.15, 0.2) is 0 Å². The summed E-state index contributed by atoms with van der Waals surface area (Å²) in [6.45, 7) is 3.77. The third kappa shape index (κ3) is 3.14. The van der Waals surface area contributed by atoms with E-state index in [1.807, 2.05) is 24.3 Å². The van der Waals surface area contributed by atoms with E-state index in [9.17, 15) is 4.79 Å². The zero-order chi connectivity index (χ0) is 15.4. The van der Waals surface area contributed by atoms with E-state index in [1.165, 1.54) is 11.1 Å². The van der Waals surface area contributed by atoms with Crippen molar-refractivity contribution in [2.75, 3.05) is 18.4 Å². The van der Waals surface area contributed by atoms with Crippen molar-refractivity contribution in [2.24, 2.45) is 0 Å². The maximum atomic E-state index is 12.5. The molecule has 1 heterocycles. The number of aryl methyl sites for hydroxylation is 1. The van der Waals surface area contributed by atoms with Crippen LogP contribution in [0.4, 0.5) is 5.69 Å². The molecule has 1 aliphatic rings. The predicted molar refractivity (Wildman–Crippen MR) is 90.5 cm³/mol. The SMILES string of the molecule is Cc1ccccc1CCNC(=O)c1cccc2c1CCCN2. The number of carbonyl (C=O) groups is 1. The van der Waals surface area contributed by atoms with Crippen molar-refractivity contribution in [3.63, 3.8) is 0 Å². The molecule has 0 bridgehead atoms. The topological polar surface area (TPSA) is 41.1 Å². The summed E-state index contributed by atoms with van der Waals surface area (Å²) < 4.78 is 0. The van der Waals surface area contributed by atoms with Gasteiger partial charge >= 0.3 is 0 Å². The lowest BCUT2D eigenvalue weighted by Crippen LogP contribution is -2.28. The molecule has 22 heavy (non-hydrogen) atoms. The molecule has 3 rings (SSSR count). The van der Waals surface area contributed by atoms with Gasteiger partial charge in [0, 0.05) is 24.3 Å². The van der Waals surface area contributed by atoms with Crippen molar-refractivity contribution >= 4 is 11.6 Å². The molecule has 0 aliphatic carbocycles. The van der Waals surface area contributed by atoms with E-state index in [0.717, 1.165) is 42.6 Å². The Balaban J connectivity index is 1.64. The first-order valence-electron chi connectivity index (χ1n) is 7.94. The molecular weight excluding hydrogens is 272 g/mol. The van der Waals surface area contributed by atoms with E-state index >= 15 is 0 Å². The molecule has 114 valence electrons. The van der Waals surface area contributed by atoms with Crippen molar-refractivity contribution < 1.29 is 4.79 Å². The fourth-order valence-electron chi connectivity index (χ4n) is 3.02. The van der Waals surface area contributed by atoms with Gasteiger partial charge in [-0.2, -0.15) is 0 Å². The second kappa shape index (κ2) is 6.65. The molecule has 0 unspecified atom stereocenters. The van der Waals surface area contributed by atoms with Crippen LogP contribution in [0.15, 0.2) is 42.5 Å². The van der Waals surface area contributed by atoms with Crippen LogP contribution in [0.25, 0.3) is 0 Å². The van der Waals surface area contributed by atoms with E-state index in [2.05, 4.69) is 35.8 Å². The van der Waals surface area contributed by atoms with Crippen LogP contribution in [0.1, 0.15) is 33.5 Å². The van der Waals surface area contributed by atoms with Gasteiger partial charge in [-0.15, -0.1) is 0 Å². The van der Waals surface area contributed by atoms with Gasteiger partial charge in [-0.05, 0) is 55.0 Å². The Morgan fingerprint density at radius 1 is 1.18 bits per heavy atom. The average molecular weight is 294 g/mol. The van der Waals surface area contributed by atoms with Crippen LogP contribution in [-0.2, 0) is 12.8 Å². The molecule has 0 saturated heterocycles. The summed E-state index contributed by atoms with van der Waals surface area (Å²) in [7, 11) is 0. The number of fused-ring (bicyclic) bond motifs is 1. The maximum Gasteiger partial charge on any atom is 0.251 e. The van der Waals surface area contributed by atoms with Crippen molar-refractivity contribution in [2.45, 2.75) is 26.2 Å². The minimum atomic E-state index is 0.0362. The fourth-order valence-corrected chi connectivity index (χ4v) is 3.02. The molecule has 2 N–H and O–H groups in total. The quantitative estimate of drug-likeness (QED) is 0.908. The van der Waals surface area contributed by atoms with Gasteiger partial charge in [-0.1, -0.05) is 30.3 Å². The van der Waals surface area contributed by atoms with E-state index in [-0.39, 0.29) is 5.91 Å². The highest BCUT2D eigenvalue weighted by Gasteiger charge is 2.16. The number of rotatable bonds is 4. The minimum absolute atomic E-state index is 0.0362. The first kappa shape index (κ1) is 14.6. The minimum Gasteiger partial charge on any atom is -0.385 e. The molecule has 0 aromatic heterocycles. The number of nitrogens with one attached hydrogen (secondary N) is 2. The summed E-state index contributed by atoms with van der Waals surface area (Å²) in [4.78, 5) is 12.5. The van der Waals surface area contributed by atoms with Crippen LogP contribution in [-0.4, -0.2) is 19.0 Å². The maximum absolute atomic E-state index is 12.5. The third-order valence-corrected chi connectivity index (χ3v) is 4.28. The van der Waals surface area contributed by atoms with Crippen LogP contribution in [0.2, 0.25) is 0 Å². The molecular formula is C19H22N2O. The molecule has 0 spiro atoms. The highest BCUT2D eigenvalue weighted by molar-refractivity contribution is 5.97. The molecule has 2 aromatic carbocycles. The average Bonchev–Trinajstić information content (AvgIpc) is 2.56. The Morgan fingerprint density at radius 2 is 2.05 bits per heavy atom. The van der Waals surface area contributed by atoms with Gasteiger partial charge in [-0.3, -0.25) is 4.79 Å². The van der Waals surface area contributed by atoms with E-state index in [4.69, 9.17) is 0 Å². The van der Waals surface area contributed by atoms with Gasteiger partial charge in [0.2, 0.25) is 0 Å². The third-order valence-electron chi connectivity index (χ3n) is 4.28. The fraction of sp³-hybridized carbons (Fsp3) is 0.316. The first-order valence-corrected chi connectivity index (χ1v) is 7.94. The summed E-state index contributed by atoms with van der Waals surface area (Å²) in [6.07, 6.45) is 2.93. The zero-order valence-corrected chi connectivity index (χ0v) is 13.0. The number of anilines is 1. The smallest absolute Gasteiger partial charge is 0.251 e. The number of hydrogen-bond donors (Lipinski definition) is 2. The number of amides is 1. The molecule has 0 saturated carbocycles. The first-order chi connectivity index (χ1) is 10.8. The van der Waals surface area contributed by atoms with Crippen LogP contribution in [0.5, 0.6) is 0 Å². The Morgan fingerprint density at radius 3 is 2.91 bits per heavy atom. The van der Waals surface area contributed by atoms with Crippen molar-refractivity contribution in [3.05, 3.63) is 64.7 Å². The second-order valence-electron chi connectivity index (χ2n) is 5.79. The summed E-state index contributed by atoms with van der Waals surface area (Å²) in [5.74, 6) is 0.0362. The van der Waals surface area contributed by atoms with Crippen molar-refractivity contribution in [3.8, 4) is 0 Å². The summed E-state index contributed by atoms with van der Waals surface area (Å²) in [6, 6.07) is 14.2. The molecule has 3 nitrogen and oxygen atoms in total. The molecule has 1 amide bonds. The Hall–Kier alpha value is -2.29. The summed E-state index contributed by atoms with van der Waals surface area (Å²) >= 11 is 0. The van der Waals surface area contributed by atoms with E-state index < -0.39 is 0 Å². The standard InChI is InChI=1S/C19H22N2O/c1-14-6-2-3-7-15(14)11-13-21-19(22)17-8-4-10-18-16(17)9-5-12-20-18/h2-4,6-8,10,20H,5,9,11-13H2,1H3,(H,21,22). The lowest BCUT2D eigenvalue weighted by Gasteiger charge is -2.20. The van der Waals surface area contributed by atoms with Crippen LogP contribution >= 0.6 is 0 Å². The van der Waals surface area contributed by atoms with Crippen LogP contribution in [0, 0.1) is 6.92 Å². The number of carbonyl (C=O) groups excluding carboxylic acids is 1. The number of benzene rings is 2.